The van der Waals surface area contributed by atoms with Crippen molar-refractivity contribution < 1.29 is 4.74 Å². The second-order valence-electron chi connectivity index (χ2n) is 5.58. The topological polar surface area (TPSA) is 38.5 Å². The third-order valence-electron chi connectivity index (χ3n) is 3.95. The van der Waals surface area contributed by atoms with Crippen molar-refractivity contribution in [2.75, 3.05) is 26.7 Å². The number of likely N-dealkylation sites (tertiary alicyclic amines) is 1. The molecule has 0 aliphatic carbocycles. The van der Waals surface area contributed by atoms with Crippen LogP contribution in [-0.4, -0.2) is 37.7 Å². The summed E-state index contributed by atoms with van der Waals surface area (Å²) < 4.78 is 5.32. The Morgan fingerprint density at radius 3 is 2.95 bits per heavy atom. The number of unbranched alkanes of at least 4 members (excludes halogenated alkanes) is 1. The molecule has 0 saturated carbocycles. The number of nitrogens with zero attached hydrogens (tertiary/aromatic N) is 1. The number of hydrogen-bond donors (Lipinski definition) is 1. The Morgan fingerprint density at radius 2 is 2.21 bits per heavy atom. The summed E-state index contributed by atoms with van der Waals surface area (Å²) in [7, 11) is 1.72. The molecule has 0 spiro atoms. The molecule has 106 valence electrons. The van der Waals surface area contributed by atoms with E-state index in [0.29, 0.717) is 12.0 Å². The van der Waals surface area contributed by atoms with Crippen LogP contribution in [0.1, 0.15) is 37.7 Å². The molecular weight excluding hydrogens is 236 g/mol. The molecule has 2 atom stereocenters. The number of piperidine rings is 1. The van der Waals surface area contributed by atoms with E-state index in [4.69, 9.17) is 10.5 Å². The first-order valence-corrected chi connectivity index (χ1v) is 7.34. The van der Waals surface area contributed by atoms with Gasteiger partial charge in [-0.2, -0.15) is 0 Å². The molecule has 1 aliphatic rings. The molecule has 3 nitrogen and oxygen atoms in total. The molecule has 1 aromatic rings. The van der Waals surface area contributed by atoms with Crippen LogP contribution in [0.3, 0.4) is 0 Å². The zero-order valence-electron chi connectivity index (χ0n) is 12.1. The van der Waals surface area contributed by atoms with Gasteiger partial charge in [0.05, 0.1) is 7.11 Å². The number of rotatable bonds is 5. The van der Waals surface area contributed by atoms with Gasteiger partial charge in [0, 0.05) is 19.1 Å². The van der Waals surface area contributed by atoms with Crippen molar-refractivity contribution in [1.29, 1.82) is 0 Å². The van der Waals surface area contributed by atoms with Crippen LogP contribution < -0.4 is 10.5 Å². The van der Waals surface area contributed by atoms with E-state index in [0.717, 1.165) is 25.3 Å². The second kappa shape index (κ2) is 6.92. The molecule has 0 aromatic heterocycles. The highest BCUT2D eigenvalue weighted by molar-refractivity contribution is 5.31. The molecule has 1 heterocycles. The van der Waals surface area contributed by atoms with E-state index in [1.807, 2.05) is 6.07 Å². The van der Waals surface area contributed by atoms with Crippen LogP contribution in [-0.2, 0) is 0 Å². The smallest absolute Gasteiger partial charge is 0.119 e. The van der Waals surface area contributed by atoms with E-state index < -0.39 is 0 Å². The molecule has 2 N–H and O–H groups in total. The monoisotopic (exact) mass is 262 g/mol. The number of methoxy groups -OCH3 is 1. The maximum absolute atomic E-state index is 6.22. The zero-order chi connectivity index (χ0) is 13.7. The Kier molecular flexibility index (Phi) is 5.23. The third-order valence-corrected chi connectivity index (χ3v) is 3.95. The van der Waals surface area contributed by atoms with E-state index in [2.05, 4.69) is 30.0 Å². The van der Waals surface area contributed by atoms with E-state index in [9.17, 15) is 0 Å². The molecule has 0 amide bonds. The molecule has 19 heavy (non-hydrogen) atoms. The highest BCUT2D eigenvalue weighted by Crippen LogP contribution is 2.28. The van der Waals surface area contributed by atoms with Crippen LogP contribution in [0.2, 0.25) is 0 Å². The van der Waals surface area contributed by atoms with Crippen molar-refractivity contribution in [2.45, 2.75) is 38.1 Å². The van der Waals surface area contributed by atoms with Crippen molar-refractivity contribution in [1.82, 2.24) is 4.90 Å². The van der Waals surface area contributed by atoms with Gasteiger partial charge in [-0.1, -0.05) is 25.5 Å². The Labute approximate surface area is 116 Å². The summed E-state index contributed by atoms with van der Waals surface area (Å²) in [6.45, 7) is 5.58. The lowest BCUT2D eigenvalue weighted by Gasteiger charge is -2.36. The lowest BCUT2D eigenvalue weighted by Crippen LogP contribution is -2.46. The molecule has 1 aliphatic heterocycles. The second-order valence-corrected chi connectivity index (χ2v) is 5.58. The van der Waals surface area contributed by atoms with Gasteiger partial charge in [0.1, 0.15) is 5.75 Å². The summed E-state index contributed by atoms with van der Waals surface area (Å²) in [6, 6.07) is 8.72. The summed E-state index contributed by atoms with van der Waals surface area (Å²) in [5.41, 5.74) is 7.58. The van der Waals surface area contributed by atoms with Crippen LogP contribution >= 0.6 is 0 Å². The number of hydrogen-bond acceptors (Lipinski definition) is 3. The van der Waals surface area contributed by atoms with Crippen molar-refractivity contribution in [3.63, 3.8) is 0 Å². The van der Waals surface area contributed by atoms with Crippen LogP contribution in [0.25, 0.3) is 0 Å². The summed E-state index contributed by atoms with van der Waals surface area (Å²) in [5.74, 6) is 1.48. The van der Waals surface area contributed by atoms with E-state index in [1.54, 1.807) is 7.11 Å². The zero-order valence-corrected chi connectivity index (χ0v) is 12.1. The van der Waals surface area contributed by atoms with Gasteiger partial charge in [0.15, 0.2) is 0 Å². The minimum absolute atomic E-state index is 0.293. The van der Waals surface area contributed by atoms with Gasteiger partial charge in [-0.15, -0.1) is 0 Å². The highest BCUT2D eigenvalue weighted by atomic mass is 16.5. The number of nitrogens with two attached hydrogens (primary N) is 1. The molecule has 3 heteroatoms. The quantitative estimate of drug-likeness (QED) is 0.886. The summed E-state index contributed by atoms with van der Waals surface area (Å²) >= 11 is 0. The van der Waals surface area contributed by atoms with Crippen molar-refractivity contribution in [3.05, 3.63) is 29.8 Å². The fourth-order valence-electron chi connectivity index (χ4n) is 2.93. The normalized spacial score (nSPS) is 24.4. The van der Waals surface area contributed by atoms with E-state index in [1.165, 1.54) is 24.9 Å². The van der Waals surface area contributed by atoms with E-state index >= 15 is 0 Å². The molecule has 2 rings (SSSR count). The molecular formula is C16H26N2O. The first kappa shape index (κ1) is 14.4. The molecule has 1 fully saturated rings. The van der Waals surface area contributed by atoms with E-state index in [-0.39, 0.29) is 0 Å². The predicted octanol–water partition coefficient (Wildman–Crippen LogP) is 2.61. The predicted molar refractivity (Wildman–Crippen MR) is 79.7 cm³/mol. The molecule has 1 saturated heterocycles. The Bertz CT molecular complexity index is 394. The van der Waals surface area contributed by atoms with Crippen LogP contribution in [0.5, 0.6) is 5.75 Å². The lowest BCUT2D eigenvalue weighted by molar-refractivity contribution is 0.186. The Hall–Kier alpha value is -1.06. The SMILES string of the molecule is CCCCN1CC(N)CC(c2cccc(OC)c2)C1. The molecule has 1 aromatic carbocycles. The first-order valence-electron chi connectivity index (χ1n) is 7.34. The fourth-order valence-corrected chi connectivity index (χ4v) is 2.93. The van der Waals surface area contributed by atoms with Gasteiger partial charge in [-0.25, -0.2) is 0 Å². The third kappa shape index (κ3) is 3.95. The molecule has 0 bridgehead atoms. The van der Waals surface area contributed by atoms with Crippen molar-refractivity contribution >= 4 is 0 Å². The first-order chi connectivity index (χ1) is 9.22. The Morgan fingerprint density at radius 1 is 1.37 bits per heavy atom. The van der Waals surface area contributed by atoms with Gasteiger partial charge < -0.3 is 15.4 Å². The molecule has 0 radical (unpaired) electrons. The number of ether oxygens (including phenoxy) is 1. The largest absolute Gasteiger partial charge is 0.497 e. The van der Waals surface area contributed by atoms with Crippen LogP contribution in [0.4, 0.5) is 0 Å². The van der Waals surface area contributed by atoms with Gasteiger partial charge in [0.2, 0.25) is 0 Å². The van der Waals surface area contributed by atoms with Gasteiger partial charge in [0.25, 0.3) is 0 Å². The lowest BCUT2D eigenvalue weighted by atomic mass is 9.88. The minimum atomic E-state index is 0.293. The number of benzene rings is 1. The van der Waals surface area contributed by atoms with Gasteiger partial charge >= 0.3 is 0 Å². The summed E-state index contributed by atoms with van der Waals surface area (Å²) in [6.07, 6.45) is 3.59. The minimum Gasteiger partial charge on any atom is -0.497 e. The standard InChI is InChI=1S/C16H26N2O/c1-3-4-8-18-11-14(9-15(17)12-18)13-6-5-7-16(10-13)19-2/h5-7,10,14-15H,3-4,8-9,11-12,17H2,1-2H3. The van der Waals surface area contributed by atoms with Crippen molar-refractivity contribution in [2.24, 2.45) is 5.73 Å². The van der Waals surface area contributed by atoms with Gasteiger partial charge in [-0.05, 0) is 43.0 Å². The summed E-state index contributed by atoms with van der Waals surface area (Å²) in [4.78, 5) is 2.52. The van der Waals surface area contributed by atoms with Crippen molar-refractivity contribution in [3.8, 4) is 5.75 Å². The highest BCUT2D eigenvalue weighted by Gasteiger charge is 2.25. The molecule has 2 unspecified atom stereocenters. The van der Waals surface area contributed by atoms with Gasteiger partial charge in [-0.3, -0.25) is 0 Å². The Balaban J connectivity index is 2.05. The van der Waals surface area contributed by atoms with Crippen LogP contribution in [0, 0.1) is 0 Å². The average molecular weight is 262 g/mol. The fraction of sp³-hybridized carbons (Fsp3) is 0.625. The van der Waals surface area contributed by atoms with Crippen LogP contribution in [0.15, 0.2) is 24.3 Å². The summed E-state index contributed by atoms with van der Waals surface area (Å²) in [5, 5.41) is 0. The maximum Gasteiger partial charge on any atom is 0.119 e. The maximum atomic E-state index is 6.22. The average Bonchev–Trinajstić information content (AvgIpc) is 2.44.